The van der Waals surface area contributed by atoms with Crippen LogP contribution in [0.25, 0.3) is 0 Å². The Morgan fingerprint density at radius 2 is 2.00 bits per heavy atom. The molecule has 0 heterocycles. The molecule has 0 radical (unpaired) electrons. The lowest BCUT2D eigenvalue weighted by Crippen LogP contribution is -2.41. The molecule has 3 heteroatoms. The highest BCUT2D eigenvalue weighted by atomic mass is 16.5. The van der Waals surface area contributed by atoms with Crippen molar-refractivity contribution in [1.29, 1.82) is 0 Å². The maximum atomic E-state index is 10.1. The van der Waals surface area contributed by atoms with Gasteiger partial charge >= 0.3 is 0 Å². The summed E-state index contributed by atoms with van der Waals surface area (Å²) in [5, 5.41) is 13.4. The van der Waals surface area contributed by atoms with Crippen LogP contribution in [-0.2, 0) is 6.54 Å². The van der Waals surface area contributed by atoms with Crippen LogP contribution in [-0.4, -0.2) is 23.9 Å². The maximum Gasteiger partial charge on any atom is 0.119 e. The van der Waals surface area contributed by atoms with Crippen LogP contribution < -0.4 is 10.1 Å². The zero-order chi connectivity index (χ0) is 14.3. The third kappa shape index (κ3) is 5.45. The topological polar surface area (TPSA) is 41.5 Å². The van der Waals surface area contributed by atoms with Crippen LogP contribution in [0.15, 0.2) is 36.9 Å². The van der Waals surface area contributed by atoms with Crippen molar-refractivity contribution in [2.75, 3.05) is 13.2 Å². The van der Waals surface area contributed by atoms with Gasteiger partial charge in [0.25, 0.3) is 0 Å². The highest BCUT2D eigenvalue weighted by molar-refractivity contribution is 5.27. The molecule has 19 heavy (non-hydrogen) atoms. The smallest absolute Gasteiger partial charge is 0.119 e. The van der Waals surface area contributed by atoms with Gasteiger partial charge in [0.1, 0.15) is 12.4 Å². The Bertz CT molecular complexity index is 382. The Morgan fingerprint density at radius 1 is 1.37 bits per heavy atom. The minimum absolute atomic E-state index is 0.231. The van der Waals surface area contributed by atoms with Crippen LogP contribution in [0.3, 0.4) is 0 Å². The van der Waals surface area contributed by atoms with E-state index < -0.39 is 5.60 Å². The Hall–Kier alpha value is -1.32. The number of benzene rings is 1. The second kappa shape index (κ2) is 7.31. The first-order valence-electron chi connectivity index (χ1n) is 6.71. The lowest BCUT2D eigenvalue weighted by molar-refractivity contribution is 0.0140. The quantitative estimate of drug-likeness (QED) is 0.709. The average Bonchev–Trinajstić information content (AvgIpc) is 2.37. The van der Waals surface area contributed by atoms with Gasteiger partial charge in [-0.2, -0.15) is 0 Å². The van der Waals surface area contributed by atoms with Crippen LogP contribution in [0.4, 0.5) is 0 Å². The van der Waals surface area contributed by atoms with Crippen LogP contribution in [0.1, 0.15) is 26.3 Å². The van der Waals surface area contributed by atoms with Crippen molar-refractivity contribution in [2.45, 2.75) is 32.9 Å². The summed E-state index contributed by atoms with van der Waals surface area (Å²) in [6, 6.07) is 7.94. The van der Waals surface area contributed by atoms with Crippen molar-refractivity contribution < 1.29 is 9.84 Å². The van der Waals surface area contributed by atoms with E-state index in [4.69, 9.17) is 4.74 Å². The third-order valence-corrected chi connectivity index (χ3v) is 3.35. The Labute approximate surface area is 116 Å². The number of ether oxygens (including phenoxy) is 1. The van der Waals surface area contributed by atoms with E-state index in [1.165, 1.54) is 5.56 Å². The van der Waals surface area contributed by atoms with Gasteiger partial charge < -0.3 is 15.2 Å². The van der Waals surface area contributed by atoms with Gasteiger partial charge in [0.2, 0.25) is 0 Å². The summed E-state index contributed by atoms with van der Waals surface area (Å²) in [5.74, 6) is 1.08. The van der Waals surface area contributed by atoms with E-state index in [1.54, 1.807) is 6.08 Å². The number of aliphatic hydroxyl groups is 1. The van der Waals surface area contributed by atoms with Crippen LogP contribution >= 0.6 is 0 Å². The van der Waals surface area contributed by atoms with E-state index >= 15 is 0 Å². The van der Waals surface area contributed by atoms with Gasteiger partial charge in [-0.25, -0.2) is 0 Å². The van der Waals surface area contributed by atoms with E-state index in [1.807, 2.05) is 45.0 Å². The van der Waals surface area contributed by atoms with Crippen molar-refractivity contribution >= 4 is 0 Å². The van der Waals surface area contributed by atoms with Crippen molar-refractivity contribution in [3.63, 3.8) is 0 Å². The molecule has 0 aromatic heterocycles. The lowest BCUT2D eigenvalue weighted by Gasteiger charge is -2.28. The van der Waals surface area contributed by atoms with Crippen LogP contribution in [0, 0.1) is 5.92 Å². The minimum atomic E-state index is -0.674. The van der Waals surface area contributed by atoms with Gasteiger partial charge in [0.15, 0.2) is 0 Å². The highest BCUT2D eigenvalue weighted by Crippen LogP contribution is 2.15. The van der Waals surface area contributed by atoms with E-state index in [0.29, 0.717) is 13.2 Å². The Kier molecular flexibility index (Phi) is 6.06. The molecule has 2 N–H and O–H groups in total. The lowest BCUT2D eigenvalue weighted by atomic mass is 9.92. The molecular weight excluding hydrogens is 238 g/mol. The second-order valence-corrected chi connectivity index (χ2v) is 5.36. The molecule has 0 fully saturated rings. The molecule has 0 saturated heterocycles. The van der Waals surface area contributed by atoms with Crippen molar-refractivity contribution in [2.24, 2.45) is 5.92 Å². The SMILES string of the molecule is C=CCOc1ccc(CNCC(C)(O)C(C)C)cc1. The molecule has 1 unspecified atom stereocenters. The van der Waals surface area contributed by atoms with Gasteiger partial charge in [-0.05, 0) is 30.5 Å². The first-order chi connectivity index (χ1) is 8.95. The summed E-state index contributed by atoms with van der Waals surface area (Å²) < 4.78 is 5.42. The average molecular weight is 263 g/mol. The van der Waals surface area contributed by atoms with Gasteiger partial charge in [-0.15, -0.1) is 0 Å². The van der Waals surface area contributed by atoms with Crippen molar-refractivity contribution in [1.82, 2.24) is 5.32 Å². The van der Waals surface area contributed by atoms with E-state index in [9.17, 15) is 5.11 Å². The second-order valence-electron chi connectivity index (χ2n) is 5.36. The molecule has 0 bridgehead atoms. The van der Waals surface area contributed by atoms with Gasteiger partial charge in [-0.3, -0.25) is 0 Å². The standard InChI is InChI=1S/C16H25NO2/c1-5-10-19-15-8-6-14(7-9-15)11-17-12-16(4,18)13(2)3/h5-9,13,17-18H,1,10-12H2,2-4H3. The molecule has 106 valence electrons. The van der Waals surface area contributed by atoms with Gasteiger partial charge in [0, 0.05) is 13.1 Å². The summed E-state index contributed by atoms with van der Waals surface area (Å²) in [7, 11) is 0. The molecule has 1 aromatic rings. The molecule has 0 spiro atoms. The Morgan fingerprint density at radius 3 is 2.53 bits per heavy atom. The van der Waals surface area contributed by atoms with E-state index in [2.05, 4.69) is 11.9 Å². The van der Waals surface area contributed by atoms with Crippen LogP contribution in [0.5, 0.6) is 5.75 Å². The molecule has 3 nitrogen and oxygen atoms in total. The number of hydrogen-bond acceptors (Lipinski definition) is 3. The molecule has 0 saturated carbocycles. The number of hydrogen-bond donors (Lipinski definition) is 2. The molecular formula is C16H25NO2. The van der Waals surface area contributed by atoms with Gasteiger partial charge in [0.05, 0.1) is 5.60 Å². The fourth-order valence-corrected chi connectivity index (χ4v) is 1.52. The Balaban J connectivity index is 2.40. The zero-order valence-electron chi connectivity index (χ0n) is 12.1. The van der Waals surface area contributed by atoms with E-state index in [0.717, 1.165) is 12.3 Å². The summed E-state index contributed by atoms with van der Waals surface area (Å²) in [6.45, 7) is 11.4. The van der Waals surface area contributed by atoms with Crippen molar-refractivity contribution in [3.8, 4) is 5.75 Å². The highest BCUT2D eigenvalue weighted by Gasteiger charge is 2.23. The van der Waals surface area contributed by atoms with Gasteiger partial charge in [-0.1, -0.05) is 38.6 Å². The number of rotatable bonds is 8. The predicted octanol–water partition coefficient (Wildman–Crippen LogP) is 2.75. The molecule has 1 atom stereocenters. The molecule has 1 aromatic carbocycles. The summed E-state index contributed by atoms with van der Waals surface area (Å²) >= 11 is 0. The zero-order valence-corrected chi connectivity index (χ0v) is 12.1. The largest absolute Gasteiger partial charge is 0.490 e. The molecule has 0 aliphatic heterocycles. The third-order valence-electron chi connectivity index (χ3n) is 3.35. The maximum absolute atomic E-state index is 10.1. The normalized spacial score (nSPS) is 14.2. The summed E-state index contributed by atoms with van der Waals surface area (Å²) in [4.78, 5) is 0. The molecule has 0 aliphatic carbocycles. The molecule has 1 rings (SSSR count). The summed E-state index contributed by atoms with van der Waals surface area (Å²) in [5.41, 5.74) is 0.498. The minimum Gasteiger partial charge on any atom is -0.490 e. The fourth-order valence-electron chi connectivity index (χ4n) is 1.52. The first-order valence-corrected chi connectivity index (χ1v) is 6.71. The molecule has 0 aliphatic rings. The number of nitrogens with one attached hydrogen (secondary N) is 1. The predicted molar refractivity (Wildman–Crippen MR) is 79.3 cm³/mol. The molecule has 0 amide bonds. The summed E-state index contributed by atoms with van der Waals surface area (Å²) in [6.07, 6.45) is 1.73. The van der Waals surface area contributed by atoms with E-state index in [-0.39, 0.29) is 5.92 Å². The van der Waals surface area contributed by atoms with Crippen LogP contribution in [0.2, 0.25) is 0 Å². The van der Waals surface area contributed by atoms with Crippen molar-refractivity contribution in [3.05, 3.63) is 42.5 Å². The fraction of sp³-hybridized carbons (Fsp3) is 0.500. The first kappa shape index (κ1) is 15.7. The monoisotopic (exact) mass is 263 g/mol.